The molecule has 9 rings (SSSR count). The number of fused-ring (bicyclic) bond motifs is 4. The van der Waals surface area contributed by atoms with E-state index in [1.807, 2.05) is 65.6 Å². The number of rotatable bonds is 5. The molecule has 0 amide bonds. The molecule has 0 unspecified atom stereocenters. The summed E-state index contributed by atoms with van der Waals surface area (Å²) in [7, 11) is 0. The number of aromatic nitrogens is 2. The Kier molecular flexibility index (Phi) is 8.72. The summed E-state index contributed by atoms with van der Waals surface area (Å²) in [5.41, 5.74) is 9.42. The first kappa shape index (κ1) is 33.8. The Morgan fingerprint density at radius 2 is 1.33 bits per heavy atom. The second-order valence-corrected chi connectivity index (χ2v) is 18.9. The molecule has 0 spiro atoms. The number of hydrogen-bond donors (Lipinski definition) is 0. The van der Waals surface area contributed by atoms with E-state index in [2.05, 4.69) is 125 Å². The van der Waals surface area contributed by atoms with Gasteiger partial charge in [-0.05, 0) is 34.1 Å². The first-order valence-corrected chi connectivity index (χ1v) is 20.5. The minimum absolute atomic E-state index is 0. The summed E-state index contributed by atoms with van der Waals surface area (Å²) >= 11 is -0.815. The van der Waals surface area contributed by atoms with E-state index in [1.54, 1.807) is 6.07 Å². The first-order valence-electron chi connectivity index (χ1n) is 19.6. The van der Waals surface area contributed by atoms with Gasteiger partial charge >= 0.3 is 247 Å². The Labute approximate surface area is 353 Å². The summed E-state index contributed by atoms with van der Waals surface area (Å²) in [6.45, 7) is 13.2. The molecule has 1 aromatic heterocycles. The predicted octanol–water partition coefficient (Wildman–Crippen LogP) is 10.4. The van der Waals surface area contributed by atoms with Gasteiger partial charge < -0.3 is 0 Å². The minimum Gasteiger partial charge on any atom is 0 e. The molecule has 0 saturated heterocycles. The van der Waals surface area contributed by atoms with Crippen LogP contribution in [-0.2, 0) is 38.9 Å². The molecule has 0 saturated carbocycles. The molecule has 6 nitrogen and oxygen atoms in total. The number of hydrogen-bond acceptors (Lipinski definition) is 5. The average Bonchev–Trinajstić information content (AvgIpc) is 3.76. The van der Waals surface area contributed by atoms with Crippen LogP contribution in [0, 0.1) is 18.8 Å². The van der Waals surface area contributed by atoms with E-state index in [9.17, 15) is 0 Å². The van der Waals surface area contributed by atoms with Gasteiger partial charge in [-0.2, -0.15) is 0 Å². The van der Waals surface area contributed by atoms with E-state index in [4.69, 9.17) is 13.8 Å². The first-order chi connectivity index (χ1) is 27.1. The Hall–Kier alpha value is -4.53. The third kappa shape index (κ3) is 6.86. The van der Waals surface area contributed by atoms with E-state index < -0.39 is 27.9 Å². The van der Waals surface area contributed by atoms with Gasteiger partial charge in [0, 0.05) is 21.1 Å². The van der Waals surface area contributed by atoms with E-state index in [0.29, 0.717) is 28.5 Å². The van der Waals surface area contributed by atoms with Crippen LogP contribution in [-0.4, -0.2) is 30.5 Å². The normalized spacial score (nSPS) is 14.7. The van der Waals surface area contributed by atoms with Gasteiger partial charge in [0.05, 0.1) is 0 Å². The summed E-state index contributed by atoms with van der Waals surface area (Å²) in [6.07, 6.45) is 0. The van der Waals surface area contributed by atoms with Gasteiger partial charge in [-0.25, -0.2) is 0 Å². The third-order valence-electron chi connectivity index (χ3n) is 9.95. The van der Waals surface area contributed by atoms with Crippen molar-refractivity contribution in [3.8, 4) is 11.5 Å². The molecule has 0 fully saturated rings. The fourth-order valence-corrected chi connectivity index (χ4v) is 9.89. The van der Waals surface area contributed by atoms with Gasteiger partial charge in [0.2, 0.25) is 0 Å². The van der Waals surface area contributed by atoms with Crippen molar-refractivity contribution < 1.29 is 29.9 Å². The van der Waals surface area contributed by atoms with Gasteiger partial charge in [-0.3, -0.25) is 0 Å². The van der Waals surface area contributed by atoms with Crippen LogP contribution >= 0.6 is 0 Å². The topological polar surface area (TPSA) is 36.8 Å². The second-order valence-electron chi connectivity index (χ2n) is 15.8. The Morgan fingerprint density at radius 1 is 0.673 bits per heavy atom. The zero-order chi connectivity index (χ0) is 39.9. The van der Waals surface area contributed by atoms with E-state index in [-0.39, 0.29) is 31.9 Å². The summed E-state index contributed by atoms with van der Waals surface area (Å²) in [5.74, 6) is 1.35. The SMILES string of the molecule is [2H]C([2H])([2H])n1c(N2c3[c-]c(Oc4[c-]c(N5[CH-]N(c6cc(C(C)(C)C)cc(C(C)(C)C)c6)c6ccccc65)ccc4)ccc3[Te]c3ccccc32)nc2ccccc21.[Pt]. The number of nitrogens with zero attached hydrogens (tertiary/aromatic N) is 5. The molecule has 0 atom stereocenters. The maximum Gasteiger partial charge on any atom is 0 e. The molecule has 0 bridgehead atoms. The molecule has 55 heavy (non-hydrogen) atoms. The monoisotopic (exact) mass is 1020 g/mol. The van der Waals surface area contributed by atoms with Crippen LogP contribution in [0.3, 0.4) is 0 Å². The van der Waals surface area contributed by atoms with Crippen LogP contribution in [0.15, 0.2) is 121 Å². The number of ether oxygens (including phenoxy) is 1. The summed E-state index contributed by atoms with van der Waals surface area (Å²) in [5, 5.41) is 0. The van der Waals surface area contributed by atoms with Crippen molar-refractivity contribution in [2.45, 2.75) is 52.4 Å². The Bertz CT molecular complexity index is 2650. The number of para-hydroxylation sites is 5. The van der Waals surface area contributed by atoms with Crippen molar-refractivity contribution in [1.29, 1.82) is 0 Å². The smallest absolute Gasteiger partial charge is 0 e. The van der Waals surface area contributed by atoms with Crippen LogP contribution in [0.25, 0.3) is 11.0 Å². The number of aryl methyl sites for hydroxylation is 1. The predicted molar refractivity (Wildman–Crippen MR) is 223 cm³/mol. The summed E-state index contributed by atoms with van der Waals surface area (Å²) < 4.78 is 35.9. The van der Waals surface area contributed by atoms with Crippen molar-refractivity contribution in [2.24, 2.45) is 6.98 Å². The third-order valence-corrected chi connectivity index (χ3v) is 13.1. The molecule has 2 aliphatic rings. The van der Waals surface area contributed by atoms with Crippen LogP contribution < -0.4 is 26.7 Å². The quantitative estimate of drug-likeness (QED) is 0.127. The molecule has 0 N–H and O–H groups in total. The number of anilines is 7. The summed E-state index contributed by atoms with van der Waals surface area (Å²) in [6, 6.07) is 47.9. The molecule has 7 aromatic rings. The molecule has 6 aromatic carbocycles. The van der Waals surface area contributed by atoms with Crippen molar-refractivity contribution in [2.75, 3.05) is 14.7 Å². The molecule has 8 heteroatoms. The van der Waals surface area contributed by atoms with E-state index in [1.165, 1.54) is 19.3 Å². The number of benzene rings is 6. The zero-order valence-corrected chi connectivity index (χ0v) is 36.1. The minimum atomic E-state index is -2.47. The van der Waals surface area contributed by atoms with E-state index >= 15 is 0 Å². The Morgan fingerprint density at radius 3 is 2.05 bits per heavy atom. The van der Waals surface area contributed by atoms with Gasteiger partial charge in [-0.15, -0.1) is 0 Å². The van der Waals surface area contributed by atoms with E-state index in [0.717, 1.165) is 37.7 Å². The van der Waals surface area contributed by atoms with Crippen molar-refractivity contribution in [1.82, 2.24) is 9.55 Å². The standard InChI is InChI=1S/C47H42N5OTe.Pt/c1-46(2,3)31-25-32(47(4,5)6)27-34(26-31)51-30-50(39-19-10-11-20-40(39)51)33-15-14-16-35(28-33)53-36-23-24-44-42(29-36)52(41-21-12-13-22-43(41)54-44)45-48-37-17-8-9-18-38(37)49(45)7;/h8-27,30H,1-7H3;/q-3;/i7D3;. The average molecular weight is 1020 g/mol. The van der Waals surface area contributed by atoms with Crippen molar-refractivity contribution in [3.63, 3.8) is 0 Å². The van der Waals surface area contributed by atoms with Gasteiger partial charge in [0.25, 0.3) is 0 Å². The largest absolute Gasteiger partial charge is 0 e. The number of imidazole rings is 1. The fraction of sp³-hybridized carbons (Fsp3) is 0.191. The van der Waals surface area contributed by atoms with Gasteiger partial charge in [-0.1, -0.05) is 53.7 Å². The molecule has 280 valence electrons. The maximum absolute atomic E-state index is 8.54. The maximum atomic E-state index is 8.54. The van der Waals surface area contributed by atoms with Crippen LogP contribution in [0.2, 0.25) is 0 Å². The molecule has 3 heterocycles. The van der Waals surface area contributed by atoms with Crippen LogP contribution in [0.1, 0.15) is 56.8 Å². The second kappa shape index (κ2) is 14.2. The molecular formula is C47H42N5OPtTe-3. The van der Waals surface area contributed by atoms with Crippen LogP contribution in [0.5, 0.6) is 11.5 Å². The van der Waals surface area contributed by atoms with Crippen molar-refractivity contribution in [3.05, 3.63) is 151 Å². The van der Waals surface area contributed by atoms with Gasteiger partial charge in [0.1, 0.15) is 0 Å². The molecular weight excluding hydrogens is 973 g/mol. The Balaban J connectivity index is 0.00000469. The molecule has 0 radical (unpaired) electrons. The molecule has 2 aliphatic heterocycles. The van der Waals surface area contributed by atoms with Crippen molar-refractivity contribution >= 4 is 79.3 Å². The van der Waals surface area contributed by atoms with Gasteiger partial charge in [0.15, 0.2) is 0 Å². The fourth-order valence-electron chi connectivity index (χ4n) is 6.98. The molecule has 0 aliphatic carbocycles. The summed E-state index contributed by atoms with van der Waals surface area (Å²) in [4.78, 5) is 11.3. The van der Waals surface area contributed by atoms with Crippen LogP contribution in [0.4, 0.5) is 40.1 Å². The zero-order valence-electron chi connectivity index (χ0n) is 34.5.